The van der Waals surface area contributed by atoms with E-state index in [4.69, 9.17) is 0 Å². The molecule has 3 aromatic carbocycles. The highest BCUT2D eigenvalue weighted by Gasteiger charge is 2.45. The third-order valence-electron chi connectivity index (χ3n) is 6.07. The molecule has 3 aromatic rings. The van der Waals surface area contributed by atoms with E-state index in [1.165, 1.54) is 21.9 Å². The second kappa shape index (κ2) is 5.88. The van der Waals surface area contributed by atoms with E-state index in [1.54, 1.807) is 18.9 Å². The fourth-order valence-corrected chi connectivity index (χ4v) is 4.63. The number of allylic oxidation sites excluding steroid dienone is 1. The first-order chi connectivity index (χ1) is 14.3. The molecule has 0 saturated heterocycles. The Hall–Kier alpha value is -3.73. The summed E-state index contributed by atoms with van der Waals surface area (Å²) in [6.45, 7) is 0. The molecule has 0 spiro atoms. The van der Waals surface area contributed by atoms with Crippen LogP contribution in [0.2, 0.25) is 0 Å². The molecule has 5 nitrogen and oxygen atoms in total. The first-order valence-electron chi connectivity index (χ1n) is 9.76. The lowest BCUT2D eigenvalue weighted by atomic mass is 9.90. The molecule has 0 aromatic heterocycles. The number of carbonyl (C=O) groups is 1. The number of nitrogens with zero attached hydrogens (tertiary/aromatic N) is 3. The summed E-state index contributed by atoms with van der Waals surface area (Å²) >= 11 is 0. The summed E-state index contributed by atoms with van der Waals surface area (Å²) in [6, 6.07) is 15.0. The van der Waals surface area contributed by atoms with Crippen LogP contribution in [0, 0.1) is 0 Å². The lowest BCUT2D eigenvalue weighted by Crippen LogP contribution is -2.48. The van der Waals surface area contributed by atoms with Crippen molar-refractivity contribution in [1.29, 1.82) is 0 Å². The molecule has 140 valence electrons. The quantitative estimate of drug-likeness (QED) is 0.538. The Morgan fingerprint density at radius 2 is 1.90 bits per heavy atom. The number of carbonyl (C=O) groups excluding carboxylic acids is 1. The predicted octanol–water partition coefficient (Wildman–Crippen LogP) is 4.17. The zero-order chi connectivity index (χ0) is 19.4. The maximum Gasteiger partial charge on any atom is 0.239 e. The number of hydrogen-bond acceptors (Lipinski definition) is 5. The second-order valence-corrected chi connectivity index (χ2v) is 7.53. The van der Waals surface area contributed by atoms with Crippen LogP contribution in [-0.2, 0) is 11.2 Å². The van der Waals surface area contributed by atoms with Crippen molar-refractivity contribution in [2.24, 2.45) is 9.98 Å². The Kier molecular flexibility index (Phi) is 3.29. The van der Waals surface area contributed by atoms with Crippen molar-refractivity contribution < 1.29 is 4.79 Å². The molecule has 2 aliphatic heterocycles. The van der Waals surface area contributed by atoms with E-state index in [-0.39, 0.29) is 0 Å². The van der Waals surface area contributed by atoms with Gasteiger partial charge in [-0.3, -0.25) is 9.69 Å². The van der Waals surface area contributed by atoms with Crippen LogP contribution in [-0.4, -0.2) is 24.6 Å². The van der Waals surface area contributed by atoms with Crippen LogP contribution >= 0.6 is 0 Å². The molecule has 29 heavy (non-hydrogen) atoms. The van der Waals surface area contributed by atoms with Crippen molar-refractivity contribution in [3.8, 4) is 0 Å². The van der Waals surface area contributed by atoms with Gasteiger partial charge in [0.25, 0.3) is 0 Å². The molecule has 1 N–H and O–H groups in total. The van der Waals surface area contributed by atoms with Crippen molar-refractivity contribution in [2.75, 3.05) is 4.90 Å². The number of aldehydes is 1. The highest BCUT2D eigenvalue weighted by atomic mass is 16.1. The van der Waals surface area contributed by atoms with Gasteiger partial charge in [0.2, 0.25) is 5.66 Å². The standard InChI is InChI=1S/C24H18N4O/c29-13-24-23(12-25-14-27-24)26-15-28(24)22-7-3-6-18-20-9-8-16-4-1-2-5-17(16)19(20)10-11-21(18)22/h2-3,5-15H,1,4H2,(H,25,27). The Morgan fingerprint density at radius 3 is 2.83 bits per heavy atom. The Bertz CT molecular complexity index is 1320. The van der Waals surface area contributed by atoms with E-state index in [9.17, 15) is 4.79 Å². The average molecular weight is 378 g/mol. The smallest absolute Gasteiger partial charge is 0.239 e. The lowest BCUT2D eigenvalue weighted by Gasteiger charge is -2.32. The number of fused-ring (bicyclic) bond motifs is 6. The molecule has 0 amide bonds. The van der Waals surface area contributed by atoms with Crippen LogP contribution in [0.5, 0.6) is 0 Å². The Labute approximate surface area is 167 Å². The van der Waals surface area contributed by atoms with Crippen molar-refractivity contribution in [2.45, 2.75) is 18.5 Å². The minimum Gasteiger partial charge on any atom is -0.351 e. The van der Waals surface area contributed by atoms with Gasteiger partial charge >= 0.3 is 0 Å². The van der Waals surface area contributed by atoms with Crippen molar-refractivity contribution >= 4 is 52.3 Å². The fraction of sp³-hybridized carbons (Fsp3) is 0.125. The summed E-state index contributed by atoms with van der Waals surface area (Å²) in [7, 11) is 0. The van der Waals surface area contributed by atoms with Crippen molar-refractivity contribution in [1.82, 2.24) is 5.32 Å². The number of aryl methyl sites for hydroxylation is 1. The van der Waals surface area contributed by atoms with Crippen LogP contribution < -0.4 is 10.2 Å². The summed E-state index contributed by atoms with van der Waals surface area (Å²) in [5, 5.41) is 7.63. The molecule has 0 saturated carbocycles. The minimum absolute atomic E-state index is 0.590. The second-order valence-electron chi connectivity index (χ2n) is 7.53. The van der Waals surface area contributed by atoms with Gasteiger partial charge in [-0.2, -0.15) is 0 Å². The van der Waals surface area contributed by atoms with E-state index < -0.39 is 5.66 Å². The van der Waals surface area contributed by atoms with Gasteiger partial charge in [0.1, 0.15) is 5.70 Å². The van der Waals surface area contributed by atoms with E-state index >= 15 is 0 Å². The van der Waals surface area contributed by atoms with E-state index in [2.05, 4.69) is 57.8 Å². The zero-order valence-corrected chi connectivity index (χ0v) is 15.7. The molecule has 5 heteroatoms. The van der Waals surface area contributed by atoms with Crippen LogP contribution in [0.15, 0.2) is 70.4 Å². The van der Waals surface area contributed by atoms with Gasteiger partial charge in [-0.05, 0) is 46.2 Å². The molecular formula is C24H18N4O. The van der Waals surface area contributed by atoms with Crippen LogP contribution in [0.25, 0.3) is 27.6 Å². The summed E-state index contributed by atoms with van der Waals surface area (Å²) in [4.78, 5) is 22.9. The van der Waals surface area contributed by atoms with Gasteiger partial charge in [0, 0.05) is 11.6 Å². The molecule has 0 fully saturated rings. The summed E-state index contributed by atoms with van der Waals surface area (Å²) in [6.07, 6.45) is 12.5. The SMILES string of the molecule is O=CC12N=CNC=C1N=CN2c1cccc2c1ccc1c3c(ccc12)CCC=C3. The number of benzene rings is 3. The van der Waals surface area contributed by atoms with E-state index in [0.29, 0.717) is 5.70 Å². The largest absolute Gasteiger partial charge is 0.351 e. The molecular weight excluding hydrogens is 360 g/mol. The highest BCUT2D eigenvalue weighted by molar-refractivity contribution is 6.16. The third-order valence-corrected chi connectivity index (χ3v) is 6.07. The predicted molar refractivity (Wildman–Crippen MR) is 118 cm³/mol. The van der Waals surface area contributed by atoms with Gasteiger partial charge in [-0.25, -0.2) is 9.98 Å². The molecule has 2 heterocycles. The molecule has 0 radical (unpaired) electrons. The normalized spacial score (nSPS) is 21.8. The zero-order valence-electron chi connectivity index (χ0n) is 15.7. The topological polar surface area (TPSA) is 57.1 Å². The third kappa shape index (κ3) is 2.12. The van der Waals surface area contributed by atoms with E-state index in [1.807, 2.05) is 17.0 Å². The van der Waals surface area contributed by atoms with Gasteiger partial charge in [-0.1, -0.05) is 48.6 Å². The van der Waals surface area contributed by atoms with E-state index in [0.717, 1.165) is 35.6 Å². The van der Waals surface area contributed by atoms with Crippen LogP contribution in [0.3, 0.4) is 0 Å². The number of hydrogen-bond donors (Lipinski definition) is 1. The number of nitrogens with one attached hydrogen (secondary N) is 1. The molecule has 1 aliphatic carbocycles. The monoisotopic (exact) mass is 378 g/mol. The summed E-state index contributed by atoms with van der Waals surface area (Å²) < 4.78 is 0. The van der Waals surface area contributed by atoms with Crippen molar-refractivity contribution in [3.63, 3.8) is 0 Å². The molecule has 0 bridgehead atoms. The minimum atomic E-state index is -1.15. The first-order valence-corrected chi connectivity index (χ1v) is 9.76. The Balaban J connectivity index is 1.61. The molecule has 6 rings (SSSR count). The first kappa shape index (κ1) is 16.2. The maximum atomic E-state index is 12.1. The number of rotatable bonds is 2. The van der Waals surface area contributed by atoms with Crippen LogP contribution in [0.1, 0.15) is 17.5 Å². The molecule has 1 atom stereocenters. The molecule has 3 aliphatic rings. The Morgan fingerprint density at radius 1 is 1.03 bits per heavy atom. The highest BCUT2D eigenvalue weighted by Crippen LogP contribution is 2.41. The summed E-state index contributed by atoms with van der Waals surface area (Å²) in [5.74, 6) is 0. The molecule has 1 unspecified atom stereocenters. The van der Waals surface area contributed by atoms with Gasteiger partial charge in [-0.15, -0.1) is 0 Å². The van der Waals surface area contributed by atoms with Crippen molar-refractivity contribution in [3.05, 3.63) is 71.6 Å². The number of anilines is 1. The van der Waals surface area contributed by atoms with Gasteiger partial charge < -0.3 is 5.32 Å². The van der Waals surface area contributed by atoms with Gasteiger partial charge in [0.05, 0.1) is 18.4 Å². The summed E-state index contributed by atoms with van der Waals surface area (Å²) in [5.41, 5.74) is 3.08. The lowest BCUT2D eigenvalue weighted by molar-refractivity contribution is -0.110. The number of aliphatic imine (C=N–C) groups is 2. The maximum absolute atomic E-state index is 12.1. The fourth-order valence-electron chi connectivity index (χ4n) is 4.63. The van der Waals surface area contributed by atoms with Gasteiger partial charge in [0.15, 0.2) is 6.29 Å². The average Bonchev–Trinajstić information content (AvgIpc) is 3.18. The van der Waals surface area contributed by atoms with Crippen LogP contribution in [0.4, 0.5) is 5.69 Å².